The molecule has 0 bridgehead atoms. The normalized spacial score (nSPS) is 10.8. The van der Waals surface area contributed by atoms with Gasteiger partial charge in [-0.05, 0) is 40.5 Å². The van der Waals surface area contributed by atoms with E-state index in [4.69, 9.17) is 5.11 Å². The van der Waals surface area contributed by atoms with E-state index in [2.05, 4.69) is 26.1 Å². The second kappa shape index (κ2) is 5.80. The van der Waals surface area contributed by atoms with Gasteiger partial charge in [-0.25, -0.2) is 18.9 Å². The van der Waals surface area contributed by atoms with Crippen molar-refractivity contribution in [2.75, 3.05) is 5.75 Å². The molecule has 9 heteroatoms. The second-order valence-corrected chi connectivity index (χ2v) is 5.68. The molecule has 2 rings (SSSR count). The van der Waals surface area contributed by atoms with Crippen LogP contribution in [0.2, 0.25) is 0 Å². The van der Waals surface area contributed by atoms with Crippen LogP contribution in [0.3, 0.4) is 0 Å². The standard InChI is InChI=1S/C11H9BrFN3O3S/c1-5-2-6(12)7(13)3-8(5)16-10(19)14-15-11(16)20-4-9(17)18/h2-3H,4H2,1H3,(H,14,19)(H,17,18). The molecule has 0 aliphatic carbocycles. The SMILES string of the molecule is Cc1cc(Br)c(F)cc1-n1c(SCC(=O)O)n[nH]c1=O. The van der Waals surface area contributed by atoms with E-state index in [9.17, 15) is 14.0 Å². The minimum Gasteiger partial charge on any atom is -0.481 e. The zero-order valence-corrected chi connectivity index (χ0v) is 12.6. The van der Waals surface area contributed by atoms with Crippen LogP contribution in [0.25, 0.3) is 5.69 Å². The van der Waals surface area contributed by atoms with Gasteiger partial charge in [-0.3, -0.25) is 4.79 Å². The molecule has 1 aromatic heterocycles. The predicted octanol–water partition coefficient (Wildman–Crippen LogP) is 1.95. The topological polar surface area (TPSA) is 88.0 Å². The number of halogens is 2. The number of thioether (sulfide) groups is 1. The Morgan fingerprint density at radius 1 is 1.60 bits per heavy atom. The van der Waals surface area contributed by atoms with Gasteiger partial charge in [0.15, 0.2) is 5.16 Å². The molecule has 0 amide bonds. The maximum Gasteiger partial charge on any atom is 0.348 e. The Morgan fingerprint density at radius 2 is 2.30 bits per heavy atom. The molecular formula is C11H9BrFN3O3S. The Labute approximate surface area is 125 Å². The summed E-state index contributed by atoms with van der Waals surface area (Å²) >= 11 is 3.94. The average molecular weight is 362 g/mol. The molecule has 0 radical (unpaired) electrons. The van der Waals surface area contributed by atoms with Gasteiger partial charge in [0.1, 0.15) is 5.82 Å². The molecule has 0 spiro atoms. The molecule has 1 aromatic carbocycles. The highest BCUT2D eigenvalue weighted by Gasteiger charge is 2.16. The third kappa shape index (κ3) is 2.93. The summed E-state index contributed by atoms with van der Waals surface area (Å²) in [6.45, 7) is 1.71. The summed E-state index contributed by atoms with van der Waals surface area (Å²) in [5, 5.41) is 14.8. The van der Waals surface area contributed by atoms with Crippen LogP contribution in [0.5, 0.6) is 0 Å². The van der Waals surface area contributed by atoms with Crippen molar-refractivity contribution in [1.29, 1.82) is 0 Å². The lowest BCUT2D eigenvalue weighted by molar-refractivity contribution is -0.133. The van der Waals surface area contributed by atoms with Crippen molar-refractivity contribution in [1.82, 2.24) is 14.8 Å². The van der Waals surface area contributed by atoms with E-state index in [-0.39, 0.29) is 15.4 Å². The van der Waals surface area contributed by atoms with E-state index >= 15 is 0 Å². The van der Waals surface area contributed by atoms with Gasteiger partial charge in [-0.2, -0.15) is 0 Å². The maximum atomic E-state index is 13.6. The molecule has 0 aliphatic rings. The molecule has 1 heterocycles. The first-order chi connectivity index (χ1) is 9.40. The van der Waals surface area contributed by atoms with Crippen molar-refractivity contribution in [2.45, 2.75) is 12.1 Å². The summed E-state index contributed by atoms with van der Waals surface area (Å²) in [7, 11) is 0. The van der Waals surface area contributed by atoms with E-state index in [1.165, 1.54) is 12.1 Å². The van der Waals surface area contributed by atoms with Crippen molar-refractivity contribution in [2.24, 2.45) is 0 Å². The zero-order chi connectivity index (χ0) is 14.9. The number of hydrogen-bond donors (Lipinski definition) is 2. The summed E-state index contributed by atoms with van der Waals surface area (Å²) in [5.41, 5.74) is 0.416. The van der Waals surface area contributed by atoms with E-state index in [1.54, 1.807) is 6.92 Å². The first kappa shape index (κ1) is 14.8. The molecule has 0 atom stereocenters. The number of nitrogens with zero attached hydrogens (tertiary/aromatic N) is 2. The van der Waals surface area contributed by atoms with E-state index < -0.39 is 17.5 Å². The van der Waals surface area contributed by atoms with E-state index in [0.29, 0.717) is 11.3 Å². The number of aryl methyl sites for hydroxylation is 1. The second-order valence-electron chi connectivity index (χ2n) is 3.88. The highest BCUT2D eigenvalue weighted by atomic mass is 79.9. The molecule has 106 valence electrons. The van der Waals surface area contributed by atoms with Crippen LogP contribution in [0.1, 0.15) is 5.56 Å². The molecule has 6 nitrogen and oxygen atoms in total. The first-order valence-corrected chi connectivity index (χ1v) is 7.16. The van der Waals surface area contributed by atoms with Crippen LogP contribution in [-0.4, -0.2) is 31.6 Å². The fraction of sp³-hybridized carbons (Fsp3) is 0.182. The molecule has 0 fully saturated rings. The number of carbonyl (C=O) groups is 1. The summed E-state index contributed by atoms with van der Waals surface area (Å²) in [5.74, 6) is -1.80. The lowest BCUT2D eigenvalue weighted by Crippen LogP contribution is -2.17. The monoisotopic (exact) mass is 361 g/mol. The number of rotatable bonds is 4. The number of hydrogen-bond acceptors (Lipinski definition) is 4. The quantitative estimate of drug-likeness (QED) is 0.812. The van der Waals surface area contributed by atoms with Crippen LogP contribution in [0.4, 0.5) is 4.39 Å². The lowest BCUT2D eigenvalue weighted by Gasteiger charge is -2.09. The Balaban J connectivity index is 2.52. The van der Waals surface area contributed by atoms with Crippen molar-refractivity contribution >= 4 is 33.7 Å². The van der Waals surface area contributed by atoms with Gasteiger partial charge >= 0.3 is 11.7 Å². The van der Waals surface area contributed by atoms with E-state index in [0.717, 1.165) is 16.3 Å². The average Bonchev–Trinajstić information content (AvgIpc) is 2.73. The fourth-order valence-electron chi connectivity index (χ4n) is 1.59. The summed E-state index contributed by atoms with van der Waals surface area (Å²) in [4.78, 5) is 22.4. The van der Waals surface area contributed by atoms with Gasteiger partial charge in [-0.1, -0.05) is 11.8 Å². The largest absolute Gasteiger partial charge is 0.481 e. The number of benzene rings is 1. The molecule has 20 heavy (non-hydrogen) atoms. The third-order valence-electron chi connectivity index (χ3n) is 2.45. The Bertz CT molecular complexity index is 728. The van der Waals surface area contributed by atoms with Gasteiger partial charge in [0.25, 0.3) is 0 Å². The van der Waals surface area contributed by atoms with Crippen LogP contribution < -0.4 is 5.69 Å². The summed E-state index contributed by atoms with van der Waals surface area (Å²) in [6.07, 6.45) is 0. The minimum absolute atomic E-state index is 0.169. The van der Waals surface area contributed by atoms with Gasteiger partial charge < -0.3 is 5.11 Å². The summed E-state index contributed by atoms with van der Waals surface area (Å²) < 4.78 is 15.1. The van der Waals surface area contributed by atoms with Gasteiger partial charge in [0, 0.05) is 0 Å². The van der Waals surface area contributed by atoms with E-state index in [1.807, 2.05) is 0 Å². The van der Waals surface area contributed by atoms with Crippen LogP contribution >= 0.6 is 27.7 Å². The Kier molecular flexibility index (Phi) is 4.29. The number of H-pyrrole nitrogens is 1. The molecule has 0 aliphatic heterocycles. The fourth-order valence-corrected chi connectivity index (χ4v) is 2.73. The first-order valence-electron chi connectivity index (χ1n) is 5.38. The lowest BCUT2D eigenvalue weighted by atomic mass is 10.2. The zero-order valence-electron chi connectivity index (χ0n) is 10.2. The molecular weight excluding hydrogens is 353 g/mol. The minimum atomic E-state index is -1.03. The number of aromatic nitrogens is 3. The molecule has 0 saturated heterocycles. The van der Waals surface area contributed by atoms with Crippen molar-refractivity contribution in [3.63, 3.8) is 0 Å². The highest BCUT2D eigenvalue weighted by molar-refractivity contribution is 9.10. The third-order valence-corrected chi connectivity index (χ3v) is 3.98. The number of carboxylic acid groups (broad SMARTS) is 1. The molecule has 0 saturated carbocycles. The molecule has 2 N–H and O–H groups in total. The van der Waals surface area contributed by atoms with Gasteiger partial charge in [0.05, 0.1) is 15.9 Å². The number of aromatic amines is 1. The van der Waals surface area contributed by atoms with Crippen LogP contribution in [0, 0.1) is 12.7 Å². The number of nitrogens with one attached hydrogen (secondary N) is 1. The molecule has 0 unspecified atom stereocenters. The summed E-state index contributed by atoms with van der Waals surface area (Å²) in [6, 6.07) is 2.73. The maximum absolute atomic E-state index is 13.6. The highest BCUT2D eigenvalue weighted by Crippen LogP contribution is 2.25. The predicted molar refractivity (Wildman–Crippen MR) is 74.9 cm³/mol. The number of carboxylic acids is 1. The van der Waals surface area contributed by atoms with Crippen LogP contribution in [-0.2, 0) is 4.79 Å². The van der Waals surface area contributed by atoms with Gasteiger partial charge in [0.2, 0.25) is 0 Å². The van der Waals surface area contributed by atoms with Crippen molar-refractivity contribution in [3.8, 4) is 5.69 Å². The van der Waals surface area contributed by atoms with Crippen molar-refractivity contribution < 1.29 is 14.3 Å². The van der Waals surface area contributed by atoms with Crippen LogP contribution in [0.15, 0.2) is 26.6 Å². The smallest absolute Gasteiger partial charge is 0.348 e. The molecule has 2 aromatic rings. The number of aliphatic carboxylic acids is 1. The Morgan fingerprint density at radius 3 is 2.95 bits per heavy atom. The van der Waals surface area contributed by atoms with Crippen molar-refractivity contribution in [3.05, 3.63) is 38.5 Å². The Hall–Kier alpha value is -1.61. The van der Waals surface area contributed by atoms with Gasteiger partial charge in [-0.15, -0.1) is 5.10 Å².